The maximum atomic E-state index is 12.3. The van der Waals surface area contributed by atoms with Crippen LogP contribution in [-0.2, 0) is 4.74 Å². The minimum Gasteiger partial charge on any atom is -0.441 e. The molecule has 18 heavy (non-hydrogen) atoms. The van der Waals surface area contributed by atoms with Crippen molar-refractivity contribution in [3.8, 4) is 0 Å². The molecule has 1 aromatic heterocycles. The molecule has 0 radical (unpaired) electrons. The summed E-state index contributed by atoms with van der Waals surface area (Å²) in [5.74, 6) is 0.641. The van der Waals surface area contributed by atoms with Crippen molar-refractivity contribution in [2.24, 2.45) is 0 Å². The minimum atomic E-state index is 0.0286. The fraction of sp³-hybridized carbons (Fsp3) is 0.385. The lowest BCUT2D eigenvalue weighted by atomic mass is 10.1. The van der Waals surface area contributed by atoms with Crippen molar-refractivity contribution < 1.29 is 13.9 Å². The van der Waals surface area contributed by atoms with Gasteiger partial charge in [0.25, 0.3) is 5.91 Å². The first-order chi connectivity index (χ1) is 8.74. The van der Waals surface area contributed by atoms with Crippen LogP contribution in [0.5, 0.6) is 0 Å². The van der Waals surface area contributed by atoms with Crippen LogP contribution in [0.4, 0.5) is 0 Å². The number of carbonyl (C=O) groups excluding carboxylic acids is 1. The molecule has 3 rings (SSSR count). The molecule has 94 valence electrons. The number of hydrogen-bond acceptors (Lipinski definition) is 4. The quantitative estimate of drug-likeness (QED) is 0.767. The zero-order valence-electron chi connectivity index (χ0n) is 10.2. The van der Waals surface area contributed by atoms with Crippen LogP contribution in [0.15, 0.2) is 22.6 Å². The Hall–Kier alpha value is -1.88. The van der Waals surface area contributed by atoms with Crippen molar-refractivity contribution in [1.29, 1.82) is 0 Å². The van der Waals surface area contributed by atoms with Gasteiger partial charge in [-0.25, -0.2) is 4.98 Å². The molecule has 5 heteroatoms. The van der Waals surface area contributed by atoms with Crippen LogP contribution in [0.1, 0.15) is 16.2 Å². The Morgan fingerprint density at radius 3 is 2.89 bits per heavy atom. The summed E-state index contributed by atoms with van der Waals surface area (Å²) >= 11 is 0. The van der Waals surface area contributed by atoms with Crippen molar-refractivity contribution in [3.63, 3.8) is 0 Å². The second kappa shape index (κ2) is 4.42. The number of hydrogen-bond donors (Lipinski definition) is 0. The average Bonchev–Trinajstić information content (AvgIpc) is 2.78. The first-order valence-corrected chi connectivity index (χ1v) is 5.98. The van der Waals surface area contributed by atoms with E-state index in [2.05, 4.69) is 4.98 Å². The van der Waals surface area contributed by atoms with Gasteiger partial charge in [0.05, 0.1) is 13.2 Å². The summed E-state index contributed by atoms with van der Waals surface area (Å²) in [7, 11) is 0. The Kier molecular flexibility index (Phi) is 2.76. The maximum absolute atomic E-state index is 12.3. The molecule has 0 unspecified atom stereocenters. The maximum Gasteiger partial charge on any atom is 0.254 e. The Balaban J connectivity index is 1.90. The van der Waals surface area contributed by atoms with Gasteiger partial charge in [-0.05, 0) is 18.2 Å². The molecule has 1 aliphatic heterocycles. The van der Waals surface area contributed by atoms with Gasteiger partial charge >= 0.3 is 0 Å². The summed E-state index contributed by atoms with van der Waals surface area (Å²) < 4.78 is 10.6. The van der Waals surface area contributed by atoms with Crippen LogP contribution in [0.25, 0.3) is 11.1 Å². The number of benzene rings is 1. The molecule has 2 aromatic rings. The Bertz CT molecular complexity index is 585. The number of nitrogens with zero attached hydrogens (tertiary/aromatic N) is 2. The number of fused-ring (bicyclic) bond motifs is 1. The van der Waals surface area contributed by atoms with E-state index in [-0.39, 0.29) is 5.91 Å². The fourth-order valence-corrected chi connectivity index (χ4v) is 2.12. The smallest absolute Gasteiger partial charge is 0.254 e. The molecule has 1 aromatic carbocycles. The molecular formula is C13H14N2O3. The summed E-state index contributed by atoms with van der Waals surface area (Å²) in [5.41, 5.74) is 2.09. The molecule has 0 saturated carbocycles. The summed E-state index contributed by atoms with van der Waals surface area (Å²) in [6, 6.07) is 5.36. The molecule has 0 atom stereocenters. The highest BCUT2D eigenvalue weighted by Crippen LogP contribution is 2.18. The van der Waals surface area contributed by atoms with Crippen molar-refractivity contribution in [1.82, 2.24) is 9.88 Å². The van der Waals surface area contributed by atoms with E-state index in [4.69, 9.17) is 9.15 Å². The first-order valence-electron chi connectivity index (χ1n) is 5.98. The van der Waals surface area contributed by atoms with Gasteiger partial charge in [0.15, 0.2) is 11.5 Å². The summed E-state index contributed by atoms with van der Waals surface area (Å²) in [5, 5.41) is 0. The lowest BCUT2D eigenvalue weighted by molar-refractivity contribution is 0.0303. The van der Waals surface area contributed by atoms with Crippen LogP contribution < -0.4 is 0 Å². The number of ether oxygens (including phenoxy) is 1. The second-order valence-electron chi connectivity index (χ2n) is 4.32. The Labute approximate surface area is 104 Å². The Morgan fingerprint density at radius 1 is 1.33 bits per heavy atom. The molecule has 1 fully saturated rings. The highest BCUT2D eigenvalue weighted by atomic mass is 16.5. The molecule has 2 heterocycles. The largest absolute Gasteiger partial charge is 0.441 e. The molecule has 1 aliphatic rings. The van der Waals surface area contributed by atoms with Crippen LogP contribution >= 0.6 is 0 Å². The molecule has 1 amide bonds. The normalized spacial score (nSPS) is 16.2. The van der Waals surface area contributed by atoms with Gasteiger partial charge in [0, 0.05) is 25.6 Å². The topological polar surface area (TPSA) is 55.6 Å². The highest BCUT2D eigenvalue weighted by Gasteiger charge is 2.19. The average molecular weight is 246 g/mol. The van der Waals surface area contributed by atoms with Crippen molar-refractivity contribution in [2.45, 2.75) is 6.92 Å². The Morgan fingerprint density at radius 2 is 2.11 bits per heavy atom. The number of amides is 1. The van der Waals surface area contributed by atoms with Crippen LogP contribution in [0.2, 0.25) is 0 Å². The van der Waals surface area contributed by atoms with E-state index in [0.717, 1.165) is 5.52 Å². The van der Waals surface area contributed by atoms with Gasteiger partial charge in [-0.1, -0.05) is 0 Å². The summed E-state index contributed by atoms with van der Waals surface area (Å²) in [6.45, 7) is 4.31. The van der Waals surface area contributed by atoms with E-state index in [1.807, 2.05) is 0 Å². The third kappa shape index (κ3) is 1.97. The zero-order valence-corrected chi connectivity index (χ0v) is 10.2. The van der Waals surface area contributed by atoms with E-state index in [0.29, 0.717) is 43.3 Å². The van der Waals surface area contributed by atoms with E-state index < -0.39 is 0 Å². The summed E-state index contributed by atoms with van der Waals surface area (Å²) in [6.07, 6.45) is 0. The number of aryl methyl sites for hydroxylation is 1. The number of oxazole rings is 1. The summed E-state index contributed by atoms with van der Waals surface area (Å²) in [4.78, 5) is 18.3. The van der Waals surface area contributed by atoms with Crippen molar-refractivity contribution in [2.75, 3.05) is 26.3 Å². The predicted octanol–water partition coefficient (Wildman–Crippen LogP) is 1.61. The number of rotatable bonds is 1. The lowest BCUT2D eigenvalue weighted by Crippen LogP contribution is -2.40. The highest BCUT2D eigenvalue weighted by molar-refractivity contribution is 5.97. The van der Waals surface area contributed by atoms with Gasteiger partial charge in [0.2, 0.25) is 0 Å². The van der Waals surface area contributed by atoms with Crippen LogP contribution in [0, 0.1) is 6.92 Å². The van der Waals surface area contributed by atoms with Gasteiger partial charge < -0.3 is 14.1 Å². The van der Waals surface area contributed by atoms with Gasteiger partial charge in [-0.15, -0.1) is 0 Å². The molecular weight excluding hydrogens is 232 g/mol. The van der Waals surface area contributed by atoms with E-state index in [1.54, 1.807) is 30.0 Å². The molecule has 5 nitrogen and oxygen atoms in total. The van der Waals surface area contributed by atoms with Gasteiger partial charge in [-0.2, -0.15) is 0 Å². The molecule has 0 spiro atoms. The zero-order chi connectivity index (χ0) is 12.5. The minimum absolute atomic E-state index is 0.0286. The molecule has 0 N–H and O–H groups in total. The SMILES string of the molecule is Cc1nc2cc(C(=O)N3CCOCC3)ccc2o1. The van der Waals surface area contributed by atoms with Crippen LogP contribution in [-0.4, -0.2) is 42.1 Å². The fourth-order valence-electron chi connectivity index (χ4n) is 2.12. The number of morpholine rings is 1. The lowest BCUT2D eigenvalue weighted by Gasteiger charge is -2.26. The monoisotopic (exact) mass is 246 g/mol. The van der Waals surface area contributed by atoms with E-state index >= 15 is 0 Å². The molecule has 1 saturated heterocycles. The predicted molar refractivity (Wildman–Crippen MR) is 65.5 cm³/mol. The standard InChI is InChI=1S/C13H14N2O3/c1-9-14-11-8-10(2-3-12(11)18-9)13(16)15-4-6-17-7-5-15/h2-3,8H,4-7H2,1H3. The van der Waals surface area contributed by atoms with Crippen LogP contribution in [0.3, 0.4) is 0 Å². The first kappa shape index (κ1) is 11.2. The van der Waals surface area contributed by atoms with Crippen molar-refractivity contribution >= 4 is 17.0 Å². The molecule has 0 aliphatic carbocycles. The molecule has 0 bridgehead atoms. The number of aromatic nitrogens is 1. The van der Waals surface area contributed by atoms with E-state index in [1.165, 1.54) is 0 Å². The second-order valence-corrected chi connectivity index (χ2v) is 4.32. The van der Waals surface area contributed by atoms with Gasteiger partial charge in [0.1, 0.15) is 5.52 Å². The third-order valence-electron chi connectivity index (χ3n) is 3.04. The van der Waals surface area contributed by atoms with Gasteiger partial charge in [-0.3, -0.25) is 4.79 Å². The third-order valence-corrected chi connectivity index (χ3v) is 3.04. The number of carbonyl (C=O) groups is 1. The van der Waals surface area contributed by atoms with Crippen molar-refractivity contribution in [3.05, 3.63) is 29.7 Å². The van der Waals surface area contributed by atoms with E-state index in [9.17, 15) is 4.79 Å².